The Kier molecular flexibility index (Phi) is 3.51. The minimum Gasteiger partial charge on any atom is -0.457 e. The zero-order chi connectivity index (χ0) is 15.1. The second-order valence-corrected chi connectivity index (χ2v) is 6.68. The van der Waals surface area contributed by atoms with Crippen LogP contribution < -0.4 is 0 Å². The van der Waals surface area contributed by atoms with Crippen molar-refractivity contribution in [2.24, 2.45) is 11.8 Å². The van der Waals surface area contributed by atoms with Crippen molar-refractivity contribution in [2.75, 3.05) is 6.61 Å². The van der Waals surface area contributed by atoms with Crippen molar-refractivity contribution in [3.05, 3.63) is 70.2 Å². The van der Waals surface area contributed by atoms with E-state index < -0.39 is 0 Å². The molecule has 2 aliphatic heterocycles. The average Bonchev–Trinajstić information content (AvgIpc) is 3.11. The Balaban J connectivity index is 1.64. The average molecular weight is 359 g/mol. The van der Waals surface area contributed by atoms with E-state index in [4.69, 9.17) is 9.47 Å². The van der Waals surface area contributed by atoms with Crippen LogP contribution in [0.5, 0.6) is 0 Å². The van der Waals surface area contributed by atoms with Crippen molar-refractivity contribution >= 4 is 21.9 Å². The topological polar surface area (TPSA) is 35.5 Å². The maximum Gasteiger partial charge on any atom is 0.313 e. The fourth-order valence-corrected chi connectivity index (χ4v) is 3.69. The van der Waals surface area contributed by atoms with Crippen LogP contribution in [-0.2, 0) is 14.3 Å². The van der Waals surface area contributed by atoms with E-state index in [0.29, 0.717) is 6.61 Å². The van der Waals surface area contributed by atoms with E-state index in [-0.39, 0.29) is 30.0 Å². The lowest BCUT2D eigenvalue weighted by molar-refractivity contribution is -0.148. The van der Waals surface area contributed by atoms with Gasteiger partial charge in [-0.1, -0.05) is 58.4 Å². The zero-order valence-corrected chi connectivity index (χ0v) is 13.4. The third kappa shape index (κ3) is 2.27. The van der Waals surface area contributed by atoms with E-state index in [0.717, 1.165) is 15.6 Å². The summed E-state index contributed by atoms with van der Waals surface area (Å²) in [5.41, 5.74) is 2.07. The first-order chi connectivity index (χ1) is 10.7. The molecule has 0 amide bonds. The molecule has 2 aromatic rings. The Bertz CT molecular complexity index is 683. The molecule has 2 aliphatic rings. The molecule has 4 heteroatoms. The van der Waals surface area contributed by atoms with E-state index in [9.17, 15) is 4.79 Å². The van der Waals surface area contributed by atoms with Gasteiger partial charge in [0.15, 0.2) is 0 Å². The Morgan fingerprint density at radius 3 is 2.32 bits per heavy atom. The molecule has 0 bridgehead atoms. The number of carbonyl (C=O) groups is 1. The molecular weight excluding hydrogens is 344 g/mol. The van der Waals surface area contributed by atoms with Crippen LogP contribution >= 0.6 is 15.9 Å². The van der Waals surface area contributed by atoms with Gasteiger partial charge >= 0.3 is 5.97 Å². The standard InChI is InChI=1S/C18H15BrO3/c19-13-8-6-12(7-9-13)17-15-14(10-21-17)16(22-18(15)20)11-4-2-1-3-5-11/h1-9,14-17H,10H2/t14-,15-,16+,17-/m0/s1. The van der Waals surface area contributed by atoms with Crippen molar-refractivity contribution in [3.8, 4) is 0 Å². The molecule has 0 aliphatic carbocycles. The quantitative estimate of drug-likeness (QED) is 0.759. The van der Waals surface area contributed by atoms with Crippen LogP contribution in [0.1, 0.15) is 23.3 Å². The van der Waals surface area contributed by atoms with Crippen molar-refractivity contribution in [1.82, 2.24) is 0 Å². The predicted molar refractivity (Wildman–Crippen MR) is 85.1 cm³/mol. The van der Waals surface area contributed by atoms with E-state index >= 15 is 0 Å². The summed E-state index contributed by atoms with van der Waals surface area (Å²) in [6.07, 6.45) is -0.404. The summed E-state index contributed by atoms with van der Waals surface area (Å²) in [6.45, 7) is 0.552. The molecule has 0 saturated carbocycles. The Morgan fingerprint density at radius 2 is 1.59 bits per heavy atom. The Hall–Kier alpha value is -1.65. The molecule has 0 radical (unpaired) electrons. The summed E-state index contributed by atoms with van der Waals surface area (Å²) in [6, 6.07) is 17.9. The molecule has 2 heterocycles. The van der Waals surface area contributed by atoms with Crippen LogP contribution in [0.15, 0.2) is 59.1 Å². The number of fused-ring (bicyclic) bond motifs is 1. The SMILES string of the molecule is O=C1O[C@H](c2ccccc2)[C@H]2CO[C@@H](c3ccc(Br)cc3)[C@@H]12. The number of carbonyl (C=O) groups excluding carboxylic acids is 1. The normalized spacial score (nSPS) is 30.1. The van der Waals surface area contributed by atoms with Crippen LogP contribution in [0.3, 0.4) is 0 Å². The molecule has 22 heavy (non-hydrogen) atoms. The van der Waals surface area contributed by atoms with Crippen LogP contribution in [0.2, 0.25) is 0 Å². The van der Waals surface area contributed by atoms with Gasteiger partial charge in [0.05, 0.1) is 18.6 Å². The first kappa shape index (κ1) is 14.0. The van der Waals surface area contributed by atoms with Gasteiger partial charge in [-0.25, -0.2) is 0 Å². The molecule has 4 atom stereocenters. The number of ether oxygens (including phenoxy) is 2. The van der Waals surface area contributed by atoms with E-state index in [1.54, 1.807) is 0 Å². The molecule has 112 valence electrons. The maximum absolute atomic E-state index is 12.4. The number of esters is 1. The van der Waals surface area contributed by atoms with Crippen molar-refractivity contribution in [1.29, 1.82) is 0 Å². The molecule has 2 saturated heterocycles. The number of hydrogen-bond acceptors (Lipinski definition) is 3. The second-order valence-electron chi connectivity index (χ2n) is 5.76. The van der Waals surface area contributed by atoms with Gasteiger partial charge in [0.2, 0.25) is 0 Å². The molecule has 0 unspecified atom stereocenters. The summed E-state index contributed by atoms with van der Waals surface area (Å²) in [4.78, 5) is 12.4. The molecule has 2 fully saturated rings. The van der Waals surface area contributed by atoms with Gasteiger partial charge in [-0.3, -0.25) is 4.79 Å². The number of benzene rings is 2. The summed E-state index contributed by atoms with van der Waals surface area (Å²) >= 11 is 3.43. The van der Waals surface area contributed by atoms with Crippen LogP contribution in [0.25, 0.3) is 0 Å². The zero-order valence-electron chi connectivity index (χ0n) is 11.8. The van der Waals surface area contributed by atoms with Gasteiger partial charge in [0, 0.05) is 10.4 Å². The predicted octanol–water partition coefficient (Wildman–Crippen LogP) is 4.05. The molecule has 0 aromatic heterocycles. The fourth-order valence-electron chi connectivity index (χ4n) is 3.43. The van der Waals surface area contributed by atoms with Gasteiger partial charge in [0.25, 0.3) is 0 Å². The molecule has 4 rings (SSSR count). The van der Waals surface area contributed by atoms with Crippen molar-refractivity contribution in [3.63, 3.8) is 0 Å². The number of rotatable bonds is 2. The lowest BCUT2D eigenvalue weighted by Gasteiger charge is -2.15. The smallest absolute Gasteiger partial charge is 0.313 e. The molecule has 0 N–H and O–H groups in total. The van der Waals surface area contributed by atoms with E-state index in [2.05, 4.69) is 15.9 Å². The Morgan fingerprint density at radius 1 is 0.909 bits per heavy atom. The van der Waals surface area contributed by atoms with Gasteiger partial charge in [-0.2, -0.15) is 0 Å². The second kappa shape index (κ2) is 5.52. The molecule has 0 spiro atoms. The highest BCUT2D eigenvalue weighted by molar-refractivity contribution is 9.10. The summed E-state index contributed by atoms with van der Waals surface area (Å²) in [7, 11) is 0. The largest absolute Gasteiger partial charge is 0.457 e. The monoisotopic (exact) mass is 358 g/mol. The lowest BCUT2D eigenvalue weighted by Crippen LogP contribution is -2.17. The number of hydrogen-bond donors (Lipinski definition) is 0. The van der Waals surface area contributed by atoms with Crippen molar-refractivity contribution in [2.45, 2.75) is 12.2 Å². The number of halogens is 1. The van der Waals surface area contributed by atoms with Gasteiger partial charge in [-0.15, -0.1) is 0 Å². The number of cyclic esters (lactones) is 1. The lowest BCUT2D eigenvalue weighted by atomic mass is 9.84. The molecule has 3 nitrogen and oxygen atoms in total. The van der Waals surface area contributed by atoms with Gasteiger partial charge in [-0.05, 0) is 23.3 Å². The minimum atomic E-state index is -0.216. The van der Waals surface area contributed by atoms with Crippen LogP contribution in [-0.4, -0.2) is 12.6 Å². The first-order valence-electron chi connectivity index (χ1n) is 7.36. The van der Waals surface area contributed by atoms with Gasteiger partial charge in [0.1, 0.15) is 6.10 Å². The van der Waals surface area contributed by atoms with Crippen molar-refractivity contribution < 1.29 is 14.3 Å². The third-order valence-electron chi connectivity index (χ3n) is 4.49. The van der Waals surface area contributed by atoms with Crippen LogP contribution in [0, 0.1) is 11.8 Å². The summed E-state index contributed by atoms with van der Waals surface area (Å²) in [5.74, 6) is -0.279. The minimum absolute atomic E-state index is 0.0866. The highest BCUT2D eigenvalue weighted by Gasteiger charge is 2.54. The Labute approximate surface area is 137 Å². The molecular formula is C18H15BrO3. The highest BCUT2D eigenvalue weighted by atomic mass is 79.9. The fraction of sp³-hybridized carbons (Fsp3) is 0.278. The van der Waals surface area contributed by atoms with Gasteiger partial charge < -0.3 is 9.47 Å². The van der Waals surface area contributed by atoms with E-state index in [1.807, 2.05) is 54.6 Å². The first-order valence-corrected chi connectivity index (χ1v) is 8.16. The summed E-state index contributed by atoms with van der Waals surface area (Å²) in [5, 5.41) is 0. The third-order valence-corrected chi connectivity index (χ3v) is 5.02. The summed E-state index contributed by atoms with van der Waals surface area (Å²) < 4.78 is 12.6. The maximum atomic E-state index is 12.4. The van der Waals surface area contributed by atoms with Crippen LogP contribution in [0.4, 0.5) is 0 Å². The highest BCUT2D eigenvalue weighted by Crippen LogP contribution is 2.50. The van der Waals surface area contributed by atoms with E-state index in [1.165, 1.54) is 0 Å². The molecule has 2 aromatic carbocycles.